The van der Waals surface area contributed by atoms with Crippen molar-refractivity contribution in [1.29, 1.82) is 0 Å². The Morgan fingerprint density at radius 1 is 0.941 bits per heavy atom. The number of aromatic amines is 1. The Bertz CT molecular complexity index is 605. The van der Waals surface area contributed by atoms with Crippen LogP contribution in [0.2, 0.25) is 0 Å². The summed E-state index contributed by atoms with van der Waals surface area (Å²) in [6, 6.07) is 11.7. The number of nitrogens with one attached hydrogen (secondary N) is 1. The van der Waals surface area contributed by atoms with Crippen molar-refractivity contribution in [2.45, 2.75) is 0 Å². The van der Waals surface area contributed by atoms with Crippen molar-refractivity contribution in [3.05, 3.63) is 42.7 Å². The van der Waals surface area contributed by atoms with Gasteiger partial charge in [-0.25, -0.2) is 15.1 Å². The van der Waals surface area contributed by atoms with Crippen molar-refractivity contribution in [3.8, 4) is 22.8 Å². The van der Waals surface area contributed by atoms with Gasteiger partial charge in [0.25, 0.3) is 0 Å². The molecule has 0 aliphatic carbocycles. The molecule has 2 heterocycles. The number of benzene rings is 1. The first kappa shape index (κ1) is 9.59. The first-order valence-electron chi connectivity index (χ1n) is 5.05. The van der Waals surface area contributed by atoms with Crippen molar-refractivity contribution in [2.75, 3.05) is 0 Å². The third-order valence-corrected chi connectivity index (χ3v) is 2.32. The smallest absolute Gasteiger partial charge is 0.198 e. The zero-order chi connectivity index (χ0) is 11.5. The SMILES string of the molecule is c1ccc(-c2cc(-c3nnn[nH]3)ncn2)cc1. The van der Waals surface area contributed by atoms with Crippen LogP contribution in [0, 0.1) is 0 Å². The Morgan fingerprint density at radius 3 is 2.53 bits per heavy atom. The normalized spacial score (nSPS) is 10.4. The van der Waals surface area contributed by atoms with Gasteiger partial charge in [-0.2, -0.15) is 0 Å². The molecule has 0 atom stereocenters. The van der Waals surface area contributed by atoms with E-state index in [1.165, 1.54) is 6.33 Å². The lowest BCUT2D eigenvalue weighted by Gasteiger charge is -2.00. The fourth-order valence-electron chi connectivity index (χ4n) is 1.52. The van der Waals surface area contributed by atoms with Crippen molar-refractivity contribution >= 4 is 0 Å². The van der Waals surface area contributed by atoms with Crippen LogP contribution in [0.3, 0.4) is 0 Å². The Labute approximate surface area is 96.8 Å². The Hall–Kier alpha value is -2.63. The summed E-state index contributed by atoms with van der Waals surface area (Å²) in [5.41, 5.74) is 2.54. The summed E-state index contributed by atoms with van der Waals surface area (Å²) in [5.74, 6) is 0.532. The van der Waals surface area contributed by atoms with Gasteiger partial charge in [-0.1, -0.05) is 30.3 Å². The van der Waals surface area contributed by atoms with Gasteiger partial charge in [0.1, 0.15) is 12.0 Å². The monoisotopic (exact) mass is 224 g/mol. The average Bonchev–Trinajstić information content (AvgIpc) is 2.94. The number of nitrogens with zero attached hydrogens (tertiary/aromatic N) is 5. The zero-order valence-electron chi connectivity index (χ0n) is 8.78. The van der Waals surface area contributed by atoms with Crippen molar-refractivity contribution in [1.82, 2.24) is 30.6 Å². The predicted octanol–water partition coefficient (Wildman–Crippen LogP) is 1.32. The first-order chi connectivity index (χ1) is 8.43. The molecule has 1 N–H and O–H groups in total. The lowest BCUT2D eigenvalue weighted by atomic mass is 10.1. The van der Waals surface area contributed by atoms with Gasteiger partial charge in [0.05, 0.1) is 5.69 Å². The molecule has 3 rings (SSSR count). The molecule has 6 heteroatoms. The molecule has 0 bridgehead atoms. The molecule has 0 saturated carbocycles. The van der Waals surface area contributed by atoms with Crippen LogP contribution in [-0.2, 0) is 0 Å². The number of hydrogen-bond donors (Lipinski definition) is 1. The van der Waals surface area contributed by atoms with E-state index < -0.39 is 0 Å². The second kappa shape index (κ2) is 4.09. The predicted molar refractivity (Wildman–Crippen MR) is 60.6 cm³/mol. The third kappa shape index (κ3) is 1.87. The molecule has 0 spiro atoms. The molecule has 0 radical (unpaired) electrons. The number of aromatic nitrogens is 6. The van der Waals surface area contributed by atoms with Gasteiger partial charge < -0.3 is 0 Å². The van der Waals surface area contributed by atoms with Gasteiger partial charge in [-0.05, 0) is 16.5 Å². The highest BCUT2D eigenvalue weighted by molar-refractivity contribution is 5.63. The number of hydrogen-bond acceptors (Lipinski definition) is 5. The summed E-state index contributed by atoms with van der Waals surface area (Å²) < 4.78 is 0. The summed E-state index contributed by atoms with van der Waals surface area (Å²) >= 11 is 0. The highest BCUT2D eigenvalue weighted by Crippen LogP contribution is 2.19. The van der Waals surface area contributed by atoms with Crippen LogP contribution >= 0.6 is 0 Å². The summed E-state index contributed by atoms with van der Waals surface area (Å²) in [6.45, 7) is 0. The van der Waals surface area contributed by atoms with Gasteiger partial charge in [-0.15, -0.1) is 5.10 Å². The largest absolute Gasteiger partial charge is 0.238 e. The maximum Gasteiger partial charge on any atom is 0.198 e. The summed E-state index contributed by atoms with van der Waals surface area (Å²) in [5, 5.41) is 13.5. The molecular weight excluding hydrogens is 216 g/mol. The van der Waals surface area contributed by atoms with E-state index in [9.17, 15) is 0 Å². The number of tetrazole rings is 1. The molecule has 0 unspecified atom stereocenters. The molecule has 6 nitrogen and oxygen atoms in total. The van der Waals surface area contributed by atoms with Crippen LogP contribution in [0.15, 0.2) is 42.7 Å². The van der Waals surface area contributed by atoms with Crippen molar-refractivity contribution in [2.24, 2.45) is 0 Å². The van der Waals surface area contributed by atoms with Gasteiger partial charge in [0.2, 0.25) is 0 Å². The van der Waals surface area contributed by atoms with Crippen LogP contribution in [-0.4, -0.2) is 30.6 Å². The second-order valence-electron chi connectivity index (χ2n) is 3.40. The molecule has 2 aromatic heterocycles. The average molecular weight is 224 g/mol. The molecule has 0 amide bonds. The Balaban J connectivity index is 2.06. The van der Waals surface area contributed by atoms with Crippen molar-refractivity contribution in [3.63, 3.8) is 0 Å². The molecule has 1 aromatic carbocycles. The zero-order valence-corrected chi connectivity index (χ0v) is 8.78. The maximum absolute atomic E-state index is 4.23. The van der Waals surface area contributed by atoms with Crippen LogP contribution in [0.25, 0.3) is 22.8 Å². The van der Waals surface area contributed by atoms with E-state index in [1.807, 2.05) is 36.4 Å². The second-order valence-corrected chi connectivity index (χ2v) is 3.40. The lowest BCUT2D eigenvalue weighted by Crippen LogP contribution is -1.90. The minimum absolute atomic E-state index is 0.532. The van der Waals surface area contributed by atoms with Crippen LogP contribution in [0.5, 0.6) is 0 Å². The molecule has 82 valence electrons. The molecule has 0 saturated heterocycles. The standard InChI is InChI=1S/C11H8N6/c1-2-4-8(5-3-1)9-6-10(13-7-12-9)11-14-16-17-15-11/h1-7H,(H,14,15,16,17). The van der Waals surface area contributed by atoms with Gasteiger partial charge in [0.15, 0.2) is 5.82 Å². The van der Waals surface area contributed by atoms with Crippen LogP contribution in [0.4, 0.5) is 0 Å². The van der Waals surface area contributed by atoms with E-state index in [4.69, 9.17) is 0 Å². The fourth-order valence-corrected chi connectivity index (χ4v) is 1.52. The summed E-state index contributed by atoms with van der Waals surface area (Å²) in [4.78, 5) is 8.35. The molecule has 0 fully saturated rings. The molecule has 17 heavy (non-hydrogen) atoms. The van der Waals surface area contributed by atoms with Crippen molar-refractivity contribution < 1.29 is 0 Å². The highest BCUT2D eigenvalue weighted by atomic mass is 15.5. The van der Waals surface area contributed by atoms with Gasteiger partial charge in [0, 0.05) is 5.56 Å². The number of rotatable bonds is 2. The van der Waals surface area contributed by atoms with E-state index in [0.29, 0.717) is 11.5 Å². The minimum atomic E-state index is 0.532. The lowest BCUT2D eigenvalue weighted by molar-refractivity contribution is 0.881. The summed E-state index contributed by atoms with van der Waals surface area (Å²) in [7, 11) is 0. The van der Waals surface area contributed by atoms with E-state index in [0.717, 1.165) is 11.3 Å². The molecule has 0 aliphatic heterocycles. The Morgan fingerprint density at radius 2 is 1.76 bits per heavy atom. The molecule has 3 aromatic rings. The maximum atomic E-state index is 4.23. The molecule has 0 aliphatic rings. The van der Waals surface area contributed by atoms with E-state index in [-0.39, 0.29) is 0 Å². The van der Waals surface area contributed by atoms with E-state index in [1.54, 1.807) is 0 Å². The van der Waals surface area contributed by atoms with Crippen LogP contribution in [0.1, 0.15) is 0 Å². The van der Waals surface area contributed by atoms with Crippen LogP contribution < -0.4 is 0 Å². The van der Waals surface area contributed by atoms with E-state index in [2.05, 4.69) is 30.6 Å². The molecular formula is C11H8N6. The van der Waals surface area contributed by atoms with Gasteiger partial charge >= 0.3 is 0 Å². The van der Waals surface area contributed by atoms with E-state index >= 15 is 0 Å². The quantitative estimate of drug-likeness (QED) is 0.710. The Kier molecular flexibility index (Phi) is 2.31. The number of H-pyrrole nitrogens is 1. The highest BCUT2D eigenvalue weighted by Gasteiger charge is 2.06. The third-order valence-electron chi connectivity index (χ3n) is 2.32. The summed E-state index contributed by atoms with van der Waals surface area (Å²) in [6.07, 6.45) is 1.50. The van der Waals surface area contributed by atoms with Gasteiger partial charge in [-0.3, -0.25) is 0 Å². The fraction of sp³-hybridized carbons (Fsp3) is 0. The first-order valence-corrected chi connectivity index (χ1v) is 5.05. The minimum Gasteiger partial charge on any atom is -0.238 e. The topological polar surface area (TPSA) is 80.2 Å².